The highest BCUT2D eigenvalue weighted by atomic mass is 35.5. The van der Waals surface area contributed by atoms with E-state index in [4.69, 9.17) is 40.3 Å². The minimum atomic E-state index is -0.640. The third-order valence-corrected chi connectivity index (χ3v) is 9.08. The summed E-state index contributed by atoms with van der Waals surface area (Å²) in [6, 6.07) is 10.6. The Morgan fingerprint density at radius 2 is 1.76 bits per heavy atom. The number of aliphatic hydroxyl groups excluding tert-OH is 1. The Labute approximate surface area is 248 Å². The number of hydrogen-bond acceptors (Lipinski definition) is 9. The molecular formula is C30H35ClN4O7. The van der Waals surface area contributed by atoms with E-state index < -0.39 is 6.10 Å². The molecule has 3 aliphatic heterocycles. The average Bonchev–Trinajstić information content (AvgIpc) is 3.70. The van der Waals surface area contributed by atoms with Gasteiger partial charge in [-0.05, 0) is 43.2 Å². The zero-order chi connectivity index (χ0) is 28.6. The molecular weight excluding hydrogens is 564 g/mol. The second-order valence-corrected chi connectivity index (χ2v) is 12.0. The fourth-order valence-electron chi connectivity index (χ4n) is 6.47. The number of nitrogens with zero attached hydrogens (tertiary/aromatic N) is 2. The van der Waals surface area contributed by atoms with E-state index >= 15 is 0 Å². The molecule has 4 atom stereocenters. The highest BCUT2D eigenvalue weighted by Gasteiger charge is 2.48. The van der Waals surface area contributed by atoms with E-state index in [0.717, 1.165) is 44.1 Å². The van der Waals surface area contributed by atoms with Gasteiger partial charge in [0.05, 0.1) is 37.1 Å². The first-order chi connectivity index (χ1) is 20.5. The van der Waals surface area contributed by atoms with Gasteiger partial charge in [-0.2, -0.15) is 4.98 Å². The molecule has 5 heterocycles. The number of nitrogens with one attached hydrogen (secondary N) is 2. The molecule has 1 aliphatic carbocycles. The predicted molar refractivity (Wildman–Crippen MR) is 153 cm³/mol. The van der Waals surface area contributed by atoms with E-state index in [1.807, 2.05) is 0 Å². The molecule has 2 aromatic heterocycles. The summed E-state index contributed by atoms with van der Waals surface area (Å²) in [6.07, 6.45) is 3.31. The van der Waals surface area contributed by atoms with Crippen molar-refractivity contribution in [2.75, 3.05) is 26.4 Å². The number of aromatic nitrogens is 3. The van der Waals surface area contributed by atoms with E-state index in [9.17, 15) is 9.90 Å². The number of aliphatic hydroxyl groups is 1. The monoisotopic (exact) mass is 598 g/mol. The molecule has 0 unspecified atom stereocenters. The number of pyridine rings is 1. The molecule has 0 bridgehead atoms. The molecule has 4 aliphatic rings. The topological polar surface area (TPSA) is 137 Å². The van der Waals surface area contributed by atoms with Gasteiger partial charge in [-0.3, -0.25) is 4.98 Å². The Bertz CT molecular complexity index is 1400. The largest absolute Gasteiger partial charge is 0.456 e. The van der Waals surface area contributed by atoms with Crippen LogP contribution >= 0.6 is 11.6 Å². The van der Waals surface area contributed by atoms with Gasteiger partial charge in [-0.25, -0.2) is 9.78 Å². The lowest BCUT2D eigenvalue weighted by Crippen LogP contribution is -2.40. The number of rotatable bonds is 6. The summed E-state index contributed by atoms with van der Waals surface area (Å²) >= 11 is 6.64. The first kappa shape index (κ1) is 27.8. The number of aromatic amines is 1. The Hall–Kier alpha value is -2.96. The van der Waals surface area contributed by atoms with Crippen molar-refractivity contribution in [3.05, 3.63) is 40.9 Å². The Balaban J connectivity index is 0.958. The Morgan fingerprint density at radius 1 is 1.00 bits per heavy atom. The Morgan fingerprint density at radius 3 is 2.55 bits per heavy atom. The minimum absolute atomic E-state index is 0.0429. The minimum Gasteiger partial charge on any atom is -0.456 e. The number of alkyl carbamates (subject to hydrolysis) is 1. The van der Waals surface area contributed by atoms with Crippen LogP contribution in [0.4, 0.5) is 4.79 Å². The van der Waals surface area contributed by atoms with Crippen LogP contribution < -0.4 is 10.1 Å². The van der Waals surface area contributed by atoms with Gasteiger partial charge in [0.2, 0.25) is 0 Å². The highest BCUT2D eigenvalue weighted by Crippen LogP contribution is 2.36. The number of carbonyl (C=O) groups excluding carboxylic acids is 1. The number of benzene rings is 1. The van der Waals surface area contributed by atoms with Crippen molar-refractivity contribution in [3.8, 4) is 17.3 Å². The van der Waals surface area contributed by atoms with Crippen molar-refractivity contribution in [1.29, 1.82) is 0 Å². The van der Waals surface area contributed by atoms with Crippen LogP contribution in [0.2, 0.25) is 5.02 Å². The lowest BCUT2D eigenvalue weighted by Gasteiger charge is -2.30. The number of imidazole rings is 1. The standard InChI is InChI=1S/C30H35ClN4O7/c31-21-13-22-28(35-29(33-22)42-24-15-40-26-23(36)14-39-27(24)26)34-25(21)18-3-1-16(2-4-18)17-5-7-19(8-6-17)32-30(37)41-20-9-11-38-12-10-20/h1-4,13,17,19-20,23-24,26-27,36H,5-12,14-15H2,(H,32,37)(H,33,34,35)/t17-,19-,23-,24-,26-,27-/m1/s1. The van der Waals surface area contributed by atoms with Gasteiger partial charge in [0.25, 0.3) is 6.01 Å². The van der Waals surface area contributed by atoms with Gasteiger partial charge in [-0.1, -0.05) is 35.9 Å². The number of carbonyl (C=O) groups is 1. The zero-order valence-corrected chi connectivity index (χ0v) is 23.9. The van der Waals surface area contributed by atoms with Crippen molar-refractivity contribution < 1.29 is 33.6 Å². The first-order valence-corrected chi connectivity index (χ1v) is 15.2. The lowest BCUT2D eigenvalue weighted by atomic mass is 9.81. The molecule has 42 heavy (non-hydrogen) atoms. The average molecular weight is 599 g/mol. The smallest absolute Gasteiger partial charge is 0.407 e. The van der Waals surface area contributed by atoms with Crippen LogP contribution in [-0.4, -0.2) is 89.1 Å². The van der Waals surface area contributed by atoms with Gasteiger partial charge >= 0.3 is 6.09 Å². The predicted octanol–water partition coefficient (Wildman–Crippen LogP) is 4.12. The molecule has 7 rings (SSSR count). The number of H-pyrrole nitrogens is 1. The van der Waals surface area contributed by atoms with Crippen LogP contribution in [0.25, 0.3) is 22.4 Å². The molecule has 1 aromatic carbocycles. The molecule has 224 valence electrons. The number of halogens is 1. The molecule has 1 saturated carbocycles. The fraction of sp³-hybridized carbons (Fsp3) is 0.567. The van der Waals surface area contributed by atoms with E-state index in [1.54, 1.807) is 6.07 Å². The van der Waals surface area contributed by atoms with Gasteiger partial charge in [0, 0.05) is 24.4 Å². The summed E-state index contributed by atoms with van der Waals surface area (Å²) in [4.78, 5) is 24.7. The summed E-state index contributed by atoms with van der Waals surface area (Å²) < 4.78 is 28.2. The number of ether oxygens (including phenoxy) is 5. The van der Waals surface area contributed by atoms with Crippen LogP contribution in [0.1, 0.15) is 50.0 Å². The molecule has 3 aromatic rings. The summed E-state index contributed by atoms with van der Waals surface area (Å²) in [7, 11) is 0. The SMILES string of the molecule is O=C(N[C@H]1CC[C@H](c2ccc(-c3nc4[nH]c(O[C@@H]5CO[C@H]6[C@@H]5OC[C@H]6O)nc4cc3Cl)cc2)CC1)OC1CCOCC1. The molecule has 0 spiro atoms. The summed E-state index contributed by atoms with van der Waals surface area (Å²) in [5, 5.41) is 13.5. The number of hydrogen-bond donors (Lipinski definition) is 3. The first-order valence-electron chi connectivity index (χ1n) is 14.8. The Kier molecular flexibility index (Phi) is 7.93. The molecule has 0 radical (unpaired) electrons. The van der Waals surface area contributed by atoms with Crippen LogP contribution in [0, 0.1) is 0 Å². The van der Waals surface area contributed by atoms with E-state index in [0.29, 0.717) is 53.6 Å². The van der Waals surface area contributed by atoms with Crippen molar-refractivity contribution in [2.24, 2.45) is 0 Å². The van der Waals surface area contributed by atoms with E-state index in [2.05, 4.69) is 39.6 Å². The van der Waals surface area contributed by atoms with Crippen molar-refractivity contribution in [2.45, 2.75) is 81.0 Å². The van der Waals surface area contributed by atoms with Crippen LogP contribution in [0.15, 0.2) is 30.3 Å². The maximum Gasteiger partial charge on any atom is 0.407 e. The second kappa shape index (κ2) is 12.0. The normalized spacial score (nSPS) is 29.9. The molecule has 1 amide bonds. The lowest BCUT2D eigenvalue weighted by molar-refractivity contribution is 0.000407. The van der Waals surface area contributed by atoms with Crippen molar-refractivity contribution in [3.63, 3.8) is 0 Å². The van der Waals surface area contributed by atoms with E-state index in [1.165, 1.54) is 5.56 Å². The summed E-state index contributed by atoms with van der Waals surface area (Å²) in [5.74, 6) is 0.436. The molecule has 12 heteroatoms. The molecule has 3 saturated heterocycles. The van der Waals surface area contributed by atoms with Gasteiger partial charge < -0.3 is 34.1 Å². The van der Waals surface area contributed by atoms with Crippen LogP contribution in [0.5, 0.6) is 6.01 Å². The van der Waals surface area contributed by atoms with Crippen LogP contribution in [0.3, 0.4) is 0 Å². The van der Waals surface area contributed by atoms with Crippen molar-refractivity contribution >= 4 is 28.9 Å². The van der Waals surface area contributed by atoms with Gasteiger partial charge in [-0.15, -0.1) is 0 Å². The highest BCUT2D eigenvalue weighted by molar-refractivity contribution is 6.33. The molecule has 4 fully saturated rings. The third kappa shape index (κ3) is 5.80. The second-order valence-electron chi connectivity index (χ2n) is 11.6. The fourth-order valence-corrected chi connectivity index (χ4v) is 6.73. The maximum atomic E-state index is 12.3. The van der Waals surface area contributed by atoms with Gasteiger partial charge in [0.15, 0.2) is 11.8 Å². The third-order valence-electron chi connectivity index (χ3n) is 8.79. The number of fused-ring (bicyclic) bond motifs is 2. The van der Waals surface area contributed by atoms with Crippen molar-refractivity contribution in [1.82, 2.24) is 20.3 Å². The zero-order valence-electron chi connectivity index (χ0n) is 23.2. The van der Waals surface area contributed by atoms with Crippen LogP contribution in [-0.2, 0) is 18.9 Å². The van der Waals surface area contributed by atoms with E-state index in [-0.39, 0.29) is 43.2 Å². The summed E-state index contributed by atoms with van der Waals surface area (Å²) in [5.41, 5.74) is 4.01. The van der Waals surface area contributed by atoms with Gasteiger partial charge in [0.1, 0.15) is 29.9 Å². The quantitative estimate of drug-likeness (QED) is 0.383. The molecule has 3 N–H and O–H groups in total. The number of amides is 1. The summed E-state index contributed by atoms with van der Waals surface area (Å²) in [6.45, 7) is 1.85. The maximum absolute atomic E-state index is 12.3. The molecule has 11 nitrogen and oxygen atoms in total.